The van der Waals surface area contributed by atoms with Gasteiger partial charge in [0.15, 0.2) is 9.84 Å². The molecule has 0 radical (unpaired) electrons. The summed E-state index contributed by atoms with van der Waals surface area (Å²) in [5.74, 6) is -0.0352. The molecule has 0 heterocycles. The lowest BCUT2D eigenvalue weighted by Gasteiger charge is -2.19. The Balaban J connectivity index is 3.46. The molecule has 1 unspecified atom stereocenters. The van der Waals surface area contributed by atoms with Crippen LogP contribution in [0.2, 0.25) is 0 Å². The second-order valence-electron chi connectivity index (χ2n) is 4.92. The molecule has 0 aromatic heterocycles. The highest BCUT2D eigenvalue weighted by molar-refractivity contribution is 7.90. The first kappa shape index (κ1) is 17.0. The first-order valence-corrected chi connectivity index (χ1v) is 8.41. The topological polar surface area (TPSA) is 34.1 Å². The second-order valence-corrected chi connectivity index (χ2v) is 6.90. The summed E-state index contributed by atoms with van der Waals surface area (Å²) < 4.78 is 61.8. The molecule has 2 nitrogen and oxygen atoms in total. The van der Waals surface area contributed by atoms with E-state index in [1.54, 1.807) is 0 Å². The summed E-state index contributed by atoms with van der Waals surface area (Å²) in [6, 6.07) is 3.02. The average molecular weight is 308 g/mol. The number of alkyl halides is 3. The normalized spacial score (nSPS) is 14.3. The van der Waals surface area contributed by atoms with Gasteiger partial charge in [-0.3, -0.25) is 0 Å². The lowest BCUT2D eigenvalue weighted by Crippen LogP contribution is -2.11. The first-order valence-electron chi connectivity index (χ1n) is 6.52. The lowest BCUT2D eigenvalue weighted by molar-refractivity contribution is -0.137. The van der Waals surface area contributed by atoms with Crippen LogP contribution in [0.4, 0.5) is 13.2 Å². The first-order chi connectivity index (χ1) is 9.11. The Morgan fingerprint density at radius 3 is 2.20 bits per heavy atom. The molecular formula is C14H19F3O2S. The Morgan fingerprint density at radius 1 is 1.20 bits per heavy atom. The van der Waals surface area contributed by atoms with Gasteiger partial charge in [0.2, 0.25) is 0 Å². The second kappa shape index (κ2) is 6.16. The van der Waals surface area contributed by atoms with E-state index < -0.39 is 21.6 Å². The number of hydrogen-bond acceptors (Lipinski definition) is 2. The van der Waals surface area contributed by atoms with Gasteiger partial charge in [0.25, 0.3) is 0 Å². The van der Waals surface area contributed by atoms with Gasteiger partial charge in [0.1, 0.15) is 0 Å². The van der Waals surface area contributed by atoms with Gasteiger partial charge < -0.3 is 0 Å². The predicted molar refractivity (Wildman–Crippen MR) is 72.5 cm³/mol. The predicted octanol–water partition coefficient (Wildman–Crippen LogP) is 4.40. The van der Waals surface area contributed by atoms with Gasteiger partial charge in [-0.15, -0.1) is 0 Å². The van der Waals surface area contributed by atoms with Gasteiger partial charge in [-0.05, 0) is 36.5 Å². The molecule has 1 rings (SSSR count). The highest BCUT2D eigenvalue weighted by atomic mass is 32.2. The van der Waals surface area contributed by atoms with Crippen molar-refractivity contribution in [2.24, 2.45) is 0 Å². The summed E-state index contributed by atoms with van der Waals surface area (Å²) in [6.45, 7) is 3.87. The maximum atomic E-state index is 12.7. The Hall–Kier alpha value is -1.04. The van der Waals surface area contributed by atoms with Crippen molar-refractivity contribution in [1.29, 1.82) is 0 Å². The molecule has 6 heteroatoms. The molecule has 0 spiro atoms. The average Bonchev–Trinajstić information content (AvgIpc) is 2.33. The van der Waals surface area contributed by atoms with Crippen LogP contribution in [0.25, 0.3) is 0 Å². The number of sulfone groups is 1. The van der Waals surface area contributed by atoms with Crippen LogP contribution in [-0.2, 0) is 16.0 Å². The Labute approximate surface area is 117 Å². The van der Waals surface area contributed by atoms with Crippen LogP contribution >= 0.6 is 0 Å². The van der Waals surface area contributed by atoms with E-state index in [0.717, 1.165) is 31.2 Å². The molecule has 0 aliphatic heterocycles. The molecule has 0 saturated carbocycles. The summed E-state index contributed by atoms with van der Waals surface area (Å²) in [6.07, 6.45) is -1.29. The number of hydrogen-bond donors (Lipinski definition) is 0. The fourth-order valence-electron chi connectivity index (χ4n) is 2.30. The van der Waals surface area contributed by atoms with Crippen LogP contribution < -0.4 is 0 Å². The van der Waals surface area contributed by atoms with E-state index >= 15 is 0 Å². The number of halogens is 3. The summed E-state index contributed by atoms with van der Waals surface area (Å²) in [7, 11) is -3.69. The van der Waals surface area contributed by atoms with Crippen LogP contribution in [0.15, 0.2) is 23.1 Å². The monoisotopic (exact) mass is 308 g/mol. The van der Waals surface area contributed by atoms with Crippen molar-refractivity contribution in [3.63, 3.8) is 0 Å². The molecule has 1 aromatic carbocycles. The molecule has 0 aliphatic carbocycles. The van der Waals surface area contributed by atoms with E-state index in [4.69, 9.17) is 0 Å². The van der Waals surface area contributed by atoms with Crippen LogP contribution in [0.5, 0.6) is 0 Å². The van der Waals surface area contributed by atoms with E-state index in [1.165, 1.54) is 6.07 Å². The van der Waals surface area contributed by atoms with E-state index in [9.17, 15) is 21.6 Å². The maximum absolute atomic E-state index is 12.7. The minimum atomic E-state index is -4.54. The van der Waals surface area contributed by atoms with Crippen molar-refractivity contribution < 1.29 is 21.6 Å². The van der Waals surface area contributed by atoms with Crippen molar-refractivity contribution in [3.8, 4) is 0 Å². The highest BCUT2D eigenvalue weighted by Crippen LogP contribution is 2.36. The molecule has 0 saturated heterocycles. The van der Waals surface area contributed by atoms with Crippen molar-refractivity contribution in [1.82, 2.24) is 0 Å². The minimum absolute atomic E-state index is 0.0352. The Morgan fingerprint density at radius 2 is 1.80 bits per heavy atom. The van der Waals surface area contributed by atoms with E-state index in [2.05, 4.69) is 0 Å². The summed E-state index contributed by atoms with van der Waals surface area (Å²) >= 11 is 0. The molecular weight excluding hydrogens is 289 g/mol. The fourth-order valence-corrected chi connectivity index (χ4v) is 3.30. The molecule has 0 N–H and O–H groups in total. The highest BCUT2D eigenvalue weighted by Gasteiger charge is 2.32. The third kappa shape index (κ3) is 3.98. The van der Waals surface area contributed by atoms with Crippen LogP contribution in [0, 0.1) is 0 Å². The molecule has 0 fully saturated rings. The number of rotatable bonds is 5. The SMILES string of the molecule is CCCC(CC)c1ccc(C(F)(F)F)cc1S(C)(=O)=O. The fraction of sp³-hybridized carbons (Fsp3) is 0.571. The quantitative estimate of drug-likeness (QED) is 0.808. The zero-order chi connectivity index (χ0) is 15.6. The zero-order valence-electron chi connectivity index (χ0n) is 11.8. The van der Waals surface area contributed by atoms with Gasteiger partial charge in [-0.25, -0.2) is 8.42 Å². The molecule has 0 aliphatic rings. The van der Waals surface area contributed by atoms with Crippen LogP contribution in [-0.4, -0.2) is 14.7 Å². The van der Waals surface area contributed by atoms with Gasteiger partial charge in [-0.2, -0.15) is 13.2 Å². The van der Waals surface area contributed by atoms with E-state index in [-0.39, 0.29) is 10.8 Å². The van der Waals surface area contributed by atoms with Gasteiger partial charge in [-0.1, -0.05) is 26.3 Å². The van der Waals surface area contributed by atoms with Gasteiger partial charge in [0.05, 0.1) is 10.5 Å². The largest absolute Gasteiger partial charge is 0.416 e. The van der Waals surface area contributed by atoms with Gasteiger partial charge >= 0.3 is 6.18 Å². The van der Waals surface area contributed by atoms with E-state index in [1.807, 2.05) is 13.8 Å². The lowest BCUT2D eigenvalue weighted by atomic mass is 9.91. The van der Waals surface area contributed by atoms with Crippen molar-refractivity contribution in [3.05, 3.63) is 29.3 Å². The van der Waals surface area contributed by atoms with Crippen molar-refractivity contribution >= 4 is 9.84 Å². The number of benzene rings is 1. The smallest absolute Gasteiger partial charge is 0.224 e. The summed E-state index contributed by atoms with van der Waals surface area (Å²) in [5, 5.41) is 0. The van der Waals surface area contributed by atoms with Crippen LogP contribution in [0.3, 0.4) is 0 Å². The molecule has 114 valence electrons. The Kier molecular flexibility index (Phi) is 5.24. The molecule has 20 heavy (non-hydrogen) atoms. The molecule has 0 amide bonds. The minimum Gasteiger partial charge on any atom is -0.224 e. The standard InChI is InChI=1S/C14H19F3O2S/c1-4-6-10(5-2)12-8-7-11(14(15,16)17)9-13(12)20(3,18)19/h7-10H,4-6H2,1-3H3. The van der Waals surface area contributed by atoms with Crippen LogP contribution in [0.1, 0.15) is 50.2 Å². The third-order valence-corrected chi connectivity index (χ3v) is 4.46. The van der Waals surface area contributed by atoms with Crippen molar-refractivity contribution in [2.45, 2.75) is 50.1 Å². The Bertz CT molecular complexity index is 562. The molecule has 1 aromatic rings. The third-order valence-electron chi connectivity index (χ3n) is 3.31. The van der Waals surface area contributed by atoms with E-state index in [0.29, 0.717) is 12.0 Å². The zero-order valence-corrected chi connectivity index (χ0v) is 12.6. The molecule has 1 atom stereocenters. The molecule has 0 bridgehead atoms. The summed E-state index contributed by atoms with van der Waals surface area (Å²) in [4.78, 5) is -0.201. The summed E-state index contributed by atoms with van der Waals surface area (Å²) in [5.41, 5.74) is -0.433. The maximum Gasteiger partial charge on any atom is 0.416 e. The van der Waals surface area contributed by atoms with Crippen molar-refractivity contribution in [2.75, 3.05) is 6.26 Å². The van der Waals surface area contributed by atoms with Gasteiger partial charge in [0, 0.05) is 6.26 Å².